The molecule has 0 spiro atoms. The monoisotopic (exact) mass is 576 g/mol. The summed E-state index contributed by atoms with van der Waals surface area (Å²) in [6.45, 7) is 8.35. The molecule has 4 rings (SSSR count). The normalized spacial score (nSPS) is 19.0. The topological polar surface area (TPSA) is 95.9 Å². The van der Waals surface area contributed by atoms with Crippen LogP contribution < -0.4 is 5.32 Å². The number of nitrogens with zero attached hydrogens (tertiary/aromatic N) is 1. The van der Waals surface area contributed by atoms with Crippen molar-refractivity contribution >= 4 is 29.4 Å². The number of hydrogen-bond donors (Lipinski definition) is 2. The summed E-state index contributed by atoms with van der Waals surface area (Å²) >= 11 is 6.06. The molecule has 2 atom stereocenters. The summed E-state index contributed by atoms with van der Waals surface area (Å²) in [6.07, 6.45) is 0.355. The highest BCUT2D eigenvalue weighted by atomic mass is 35.5. The highest BCUT2D eigenvalue weighted by molar-refractivity contribution is 6.30. The second-order valence-corrected chi connectivity index (χ2v) is 12.0. The van der Waals surface area contributed by atoms with E-state index in [-0.39, 0.29) is 17.7 Å². The third-order valence-corrected chi connectivity index (χ3v) is 8.32. The zero-order valence-corrected chi connectivity index (χ0v) is 24.9. The second-order valence-electron chi connectivity index (χ2n) is 11.6. The number of rotatable bonds is 7. The van der Waals surface area contributed by atoms with Crippen LogP contribution in [0.2, 0.25) is 5.02 Å². The number of hydrogen-bond acceptors (Lipinski definition) is 5. The lowest BCUT2D eigenvalue weighted by Crippen LogP contribution is -2.60. The Morgan fingerprint density at radius 3 is 2.32 bits per heavy atom. The van der Waals surface area contributed by atoms with E-state index < -0.39 is 23.0 Å². The lowest BCUT2D eigenvalue weighted by atomic mass is 9.66. The highest BCUT2D eigenvalue weighted by Crippen LogP contribution is 2.46. The van der Waals surface area contributed by atoms with Crippen molar-refractivity contribution in [3.05, 3.63) is 94.5 Å². The van der Waals surface area contributed by atoms with E-state index >= 15 is 0 Å². The molecule has 1 aliphatic heterocycles. The number of piperidine rings is 1. The number of amides is 2. The van der Waals surface area contributed by atoms with E-state index in [4.69, 9.17) is 16.3 Å². The van der Waals surface area contributed by atoms with Gasteiger partial charge in [-0.3, -0.25) is 9.59 Å². The molecule has 2 N–H and O–H groups in total. The smallest absolute Gasteiger partial charge is 0.338 e. The Morgan fingerprint density at radius 2 is 1.68 bits per heavy atom. The number of carbonyl (C=O) groups excluding carboxylic acids is 3. The highest BCUT2D eigenvalue weighted by Gasteiger charge is 2.50. The number of halogens is 1. The first-order valence-corrected chi connectivity index (χ1v) is 14.1. The quantitative estimate of drug-likeness (QED) is 0.352. The average molecular weight is 577 g/mol. The van der Waals surface area contributed by atoms with Crippen LogP contribution in [-0.2, 0) is 15.1 Å². The molecule has 1 aliphatic rings. The van der Waals surface area contributed by atoms with Crippen molar-refractivity contribution in [1.29, 1.82) is 0 Å². The summed E-state index contributed by atoms with van der Waals surface area (Å²) in [6, 6.07) is 20.4. The average Bonchev–Trinajstić information content (AvgIpc) is 2.96. The third kappa shape index (κ3) is 6.16. The summed E-state index contributed by atoms with van der Waals surface area (Å²) in [5, 5.41) is 15.3. The number of benzene rings is 3. The summed E-state index contributed by atoms with van der Waals surface area (Å²) < 4.78 is 4.92. The zero-order chi connectivity index (χ0) is 29.9. The maximum Gasteiger partial charge on any atom is 0.338 e. The van der Waals surface area contributed by atoms with Gasteiger partial charge in [0.05, 0.1) is 18.3 Å². The van der Waals surface area contributed by atoms with E-state index in [1.807, 2.05) is 52.0 Å². The van der Waals surface area contributed by atoms with Crippen LogP contribution in [-0.4, -0.2) is 54.0 Å². The summed E-state index contributed by atoms with van der Waals surface area (Å²) in [7, 11) is 1.33. The zero-order valence-electron chi connectivity index (χ0n) is 24.1. The van der Waals surface area contributed by atoms with Gasteiger partial charge in [0.15, 0.2) is 0 Å². The molecule has 2 amide bonds. The lowest BCUT2D eigenvalue weighted by molar-refractivity contribution is -0.155. The molecule has 0 aliphatic carbocycles. The SMILES string of the molecule is COC(=O)c1ccccc1-c1cccc(C(=O)NC(C(=O)N2CCC(O)(c3ccc(Cl)cc3)C(C)(C)C2)C(C)C)c1. The minimum Gasteiger partial charge on any atom is -0.465 e. The molecule has 7 nitrogen and oxygen atoms in total. The number of methoxy groups -OCH3 is 1. The molecule has 3 aromatic carbocycles. The first kappa shape index (κ1) is 30.3. The van der Waals surface area contributed by atoms with E-state index in [2.05, 4.69) is 5.32 Å². The van der Waals surface area contributed by atoms with Gasteiger partial charge in [-0.1, -0.05) is 81.8 Å². The molecule has 0 radical (unpaired) electrons. The number of ether oxygens (including phenoxy) is 1. The molecule has 41 heavy (non-hydrogen) atoms. The fraction of sp³-hybridized carbons (Fsp3) is 0.364. The van der Waals surface area contributed by atoms with Crippen LogP contribution in [0.5, 0.6) is 0 Å². The first-order valence-electron chi connectivity index (χ1n) is 13.7. The van der Waals surface area contributed by atoms with Gasteiger partial charge in [-0.15, -0.1) is 0 Å². The minimum atomic E-state index is -1.13. The van der Waals surface area contributed by atoms with Gasteiger partial charge in [-0.05, 0) is 59.4 Å². The number of nitrogens with one attached hydrogen (secondary N) is 1. The van der Waals surface area contributed by atoms with E-state index in [0.717, 1.165) is 5.56 Å². The van der Waals surface area contributed by atoms with Gasteiger partial charge in [-0.25, -0.2) is 4.79 Å². The van der Waals surface area contributed by atoms with Crippen LogP contribution in [0.25, 0.3) is 11.1 Å². The Balaban J connectivity index is 1.53. The fourth-order valence-corrected chi connectivity index (χ4v) is 5.68. The Bertz CT molecular complexity index is 1440. The Morgan fingerprint density at radius 1 is 1.00 bits per heavy atom. The molecule has 216 valence electrons. The maximum atomic E-state index is 13.8. The van der Waals surface area contributed by atoms with Gasteiger partial charge in [0.2, 0.25) is 5.91 Å². The van der Waals surface area contributed by atoms with Gasteiger partial charge < -0.3 is 20.1 Å². The Hall–Kier alpha value is -3.68. The molecule has 2 unspecified atom stereocenters. The molecular weight excluding hydrogens is 540 g/mol. The third-order valence-electron chi connectivity index (χ3n) is 8.07. The van der Waals surface area contributed by atoms with Crippen LogP contribution in [0.15, 0.2) is 72.8 Å². The molecule has 1 fully saturated rings. The van der Waals surface area contributed by atoms with Gasteiger partial charge in [-0.2, -0.15) is 0 Å². The van der Waals surface area contributed by atoms with Gasteiger partial charge >= 0.3 is 5.97 Å². The van der Waals surface area contributed by atoms with Crippen molar-refractivity contribution in [2.24, 2.45) is 11.3 Å². The number of esters is 1. The summed E-state index contributed by atoms with van der Waals surface area (Å²) in [5.74, 6) is -1.21. The molecule has 3 aromatic rings. The summed E-state index contributed by atoms with van der Waals surface area (Å²) in [4.78, 5) is 41.2. The van der Waals surface area contributed by atoms with E-state index in [1.54, 1.807) is 53.4 Å². The predicted octanol–water partition coefficient (Wildman–Crippen LogP) is 5.69. The van der Waals surface area contributed by atoms with Crippen LogP contribution >= 0.6 is 11.6 Å². The van der Waals surface area contributed by atoms with Gasteiger partial charge in [0.1, 0.15) is 6.04 Å². The largest absolute Gasteiger partial charge is 0.465 e. The summed E-state index contributed by atoms with van der Waals surface area (Å²) in [5.41, 5.74) is 1.08. The van der Waals surface area contributed by atoms with Crippen LogP contribution in [0.4, 0.5) is 0 Å². The van der Waals surface area contributed by atoms with Crippen LogP contribution in [0.3, 0.4) is 0 Å². The van der Waals surface area contributed by atoms with E-state index in [1.165, 1.54) is 7.11 Å². The van der Waals surface area contributed by atoms with Gasteiger partial charge in [0.25, 0.3) is 5.91 Å². The fourth-order valence-electron chi connectivity index (χ4n) is 5.56. The maximum absolute atomic E-state index is 13.8. The Labute approximate surface area is 246 Å². The van der Waals surface area contributed by atoms with Crippen molar-refractivity contribution in [2.75, 3.05) is 20.2 Å². The standard InChI is InChI=1S/C33H37ClN2O5/c1-21(2)28(30(38)36-18-17-33(40,32(3,4)20-36)24-13-15-25(34)16-14-24)35-29(37)23-10-8-9-22(19-23)26-11-6-7-12-27(26)31(39)41-5/h6-16,19,21,28,40H,17-18,20H2,1-5H3,(H,35,37). The van der Waals surface area contributed by atoms with Crippen LogP contribution in [0.1, 0.15) is 60.4 Å². The molecule has 0 bridgehead atoms. The number of aliphatic hydroxyl groups is 1. The van der Waals surface area contributed by atoms with Crippen molar-refractivity contribution in [3.8, 4) is 11.1 Å². The molecule has 1 saturated heterocycles. The van der Waals surface area contributed by atoms with Crippen molar-refractivity contribution < 1.29 is 24.2 Å². The molecule has 0 saturated carbocycles. The van der Waals surface area contributed by atoms with Crippen LogP contribution in [0, 0.1) is 11.3 Å². The Kier molecular flexibility index (Phi) is 8.90. The van der Waals surface area contributed by atoms with Gasteiger partial charge in [0, 0.05) is 29.1 Å². The second kappa shape index (κ2) is 12.0. The van der Waals surface area contributed by atoms with Crippen molar-refractivity contribution in [2.45, 2.75) is 45.8 Å². The van der Waals surface area contributed by atoms with Crippen molar-refractivity contribution in [1.82, 2.24) is 10.2 Å². The lowest BCUT2D eigenvalue weighted by Gasteiger charge is -2.51. The van der Waals surface area contributed by atoms with Crippen molar-refractivity contribution in [3.63, 3.8) is 0 Å². The molecule has 8 heteroatoms. The molecule has 0 aromatic heterocycles. The molecular formula is C33H37ClN2O5. The molecule has 1 heterocycles. The van der Waals surface area contributed by atoms with E-state index in [9.17, 15) is 19.5 Å². The number of carbonyl (C=O) groups is 3. The first-order chi connectivity index (χ1) is 19.4. The minimum absolute atomic E-state index is 0.171. The predicted molar refractivity (Wildman–Crippen MR) is 160 cm³/mol. The number of likely N-dealkylation sites (tertiary alicyclic amines) is 1. The van der Waals surface area contributed by atoms with E-state index in [0.29, 0.717) is 46.8 Å².